The van der Waals surface area contributed by atoms with Gasteiger partial charge in [0.15, 0.2) is 0 Å². The van der Waals surface area contributed by atoms with Crippen molar-refractivity contribution in [2.45, 2.75) is 5.41 Å². The van der Waals surface area contributed by atoms with Crippen molar-refractivity contribution in [3.63, 3.8) is 0 Å². The van der Waals surface area contributed by atoms with E-state index in [4.69, 9.17) is 0 Å². The third-order valence-electron chi connectivity index (χ3n) is 18.4. The SMILES string of the molecule is c1ccc(-c2ccccc2-c2cccc(C3(c4cccc(-c5ccc(-c6ccc(-c7cccc(-n8c9ccccc9c9cc(-c%10ccc%11c(c%10)c%10ccccc%10n%11-c%10ccccc%10)ccc98)c7)cc6)cc5)c4)c4ccccc4-c4ccccc43)c2)cc1. The minimum atomic E-state index is -0.555. The summed E-state index contributed by atoms with van der Waals surface area (Å²) in [7, 11) is 0. The Kier molecular flexibility index (Phi) is 11.8. The third kappa shape index (κ3) is 8.17. The molecule has 0 unspecified atom stereocenters. The minimum Gasteiger partial charge on any atom is -0.309 e. The van der Waals surface area contributed by atoms with Gasteiger partial charge in [-0.2, -0.15) is 0 Å². The Morgan fingerprint density at radius 1 is 0.184 bits per heavy atom. The Morgan fingerprint density at radius 2 is 0.529 bits per heavy atom. The molecule has 1 aliphatic rings. The second kappa shape index (κ2) is 20.5. The van der Waals surface area contributed by atoms with Crippen LogP contribution in [0.5, 0.6) is 0 Å². The second-order valence-corrected chi connectivity index (χ2v) is 23.1. The predicted octanol–water partition coefficient (Wildman–Crippen LogP) is 22.2. The highest BCUT2D eigenvalue weighted by molar-refractivity contribution is 6.13. The van der Waals surface area contributed by atoms with Crippen LogP contribution in [0.25, 0.3) is 133 Å². The fraction of sp³-hybridized carbons (Fsp3) is 0.0118. The van der Waals surface area contributed by atoms with Gasteiger partial charge >= 0.3 is 0 Å². The number of benzene rings is 14. The van der Waals surface area contributed by atoms with Gasteiger partial charge in [-0.05, 0) is 173 Å². The lowest BCUT2D eigenvalue weighted by atomic mass is 9.67. The van der Waals surface area contributed by atoms with Crippen molar-refractivity contribution >= 4 is 43.6 Å². The van der Waals surface area contributed by atoms with E-state index in [1.165, 1.54) is 149 Å². The highest BCUT2D eigenvalue weighted by Gasteiger charge is 2.46. The Bertz CT molecular complexity index is 5270. The fourth-order valence-corrected chi connectivity index (χ4v) is 14.5. The summed E-state index contributed by atoms with van der Waals surface area (Å²) in [6.07, 6.45) is 0. The van der Waals surface area contributed by atoms with E-state index < -0.39 is 5.41 Å². The van der Waals surface area contributed by atoms with Crippen LogP contribution in [-0.4, -0.2) is 9.13 Å². The molecule has 0 atom stereocenters. The number of aromatic nitrogens is 2. The number of rotatable bonds is 10. The molecule has 2 aromatic heterocycles. The molecule has 0 fully saturated rings. The van der Waals surface area contributed by atoms with Crippen molar-refractivity contribution in [2.24, 2.45) is 0 Å². The molecule has 16 aromatic rings. The normalized spacial score (nSPS) is 12.5. The van der Waals surface area contributed by atoms with Crippen LogP contribution in [0.1, 0.15) is 22.3 Å². The smallest absolute Gasteiger partial charge is 0.0713 e. The monoisotopic (exact) mass is 1100 g/mol. The Balaban J connectivity index is 0.680. The molecule has 0 N–H and O–H groups in total. The standard InChI is InChI=1S/C85H56N2/c1-3-20-61(21-4-1)71-30-7-8-31-72(71)66-24-18-26-68(53-66)85(79-36-13-9-32-73(79)74-33-10-14-37-80(74)85)67-25-17-22-62(52-67)59-44-40-57(41-45-59)58-42-46-60(47-43-58)63-23-19-29-70(54-63)87-82-39-16-12-35-76(82)78-56-65(49-51-84(78)87)64-48-50-83-77(55-64)75-34-11-15-38-81(75)86(83)69-27-5-2-6-28-69/h1-56H. The maximum absolute atomic E-state index is 2.44. The summed E-state index contributed by atoms with van der Waals surface area (Å²) in [5, 5.41) is 4.98. The minimum absolute atomic E-state index is 0.555. The van der Waals surface area contributed by atoms with Crippen molar-refractivity contribution < 1.29 is 0 Å². The molecule has 0 radical (unpaired) electrons. The molecule has 0 saturated carbocycles. The zero-order chi connectivity index (χ0) is 57.4. The van der Waals surface area contributed by atoms with Gasteiger partial charge in [-0.1, -0.05) is 267 Å². The van der Waals surface area contributed by atoms with Gasteiger partial charge in [-0.3, -0.25) is 0 Å². The summed E-state index contributed by atoms with van der Waals surface area (Å²) in [6.45, 7) is 0. The van der Waals surface area contributed by atoms with E-state index in [0.717, 1.165) is 5.69 Å². The van der Waals surface area contributed by atoms with E-state index in [1.807, 2.05) is 0 Å². The predicted molar refractivity (Wildman–Crippen MR) is 365 cm³/mol. The molecule has 0 aliphatic heterocycles. The van der Waals surface area contributed by atoms with Crippen LogP contribution < -0.4 is 0 Å². The molecule has 2 heteroatoms. The van der Waals surface area contributed by atoms with Crippen LogP contribution in [0.2, 0.25) is 0 Å². The van der Waals surface area contributed by atoms with Crippen molar-refractivity contribution in [3.05, 3.63) is 362 Å². The van der Waals surface area contributed by atoms with Crippen LogP contribution in [0.3, 0.4) is 0 Å². The summed E-state index contributed by atoms with van der Waals surface area (Å²) >= 11 is 0. The Morgan fingerprint density at radius 3 is 1.08 bits per heavy atom. The zero-order valence-electron chi connectivity index (χ0n) is 47.7. The summed E-state index contributed by atoms with van der Waals surface area (Å²) in [4.78, 5) is 0. The molecular weight excluding hydrogens is 1050 g/mol. The van der Waals surface area contributed by atoms with Crippen LogP contribution in [0.4, 0.5) is 0 Å². The zero-order valence-corrected chi connectivity index (χ0v) is 47.7. The largest absolute Gasteiger partial charge is 0.309 e. The lowest BCUT2D eigenvalue weighted by molar-refractivity contribution is 0.769. The number of hydrogen-bond acceptors (Lipinski definition) is 0. The molecule has 2 nitrogen and oxygen atoms in total. The number of para-hydroxylation sites is 3. The quantitative estimate of drug-likeness (QED) is 0.129. The van der Waals surface area contributed by atoms with Crippen LogP contribution >= 0.6 is 0 Å². The molecule has 0 spiro atoms. The molecule has 0 saturated heterocycles. The van der Waals surface area contributed by atoms with Gasteiger partial charge < -0.3 is 9.13 Å². The van der Waals surface area contributed by atoms with Gasteiger partial charge in [0.25, 0.3) is 0 Å². The maximum atomic E-state index is 2.44. The lowest BCUT2D eigenvalue weighted by Gasteiger charge is -2.34. The number of hydrogen-bond donors (Lipinski definition) is 0. The van der Waals surface area contributed by atoms with E-state index >= 15 is 0 Å². The first-order valence-electron chi connectivity index (χ1n) is 30.1. The van der Waals surface area contributed by atoms with E-state index in [9.17, 15) is 0 Å². The van der Waals surface area contributed by atoms with Gasteiger partial charge in [0.05, 0.1) is 27.5 Å². The lowest BCUT2D eigenvalue weighted by Crippen LogP contribution is -2.28. The van der Waals surface area contributed by atoms with Gasteiger partial charge in [-0.25, -0.2) is 0 Å². The van der Waals surface area contributed by atoms with Gasteiger partial charge in [-0.15, -0.1) is 0 Å². The average molecular weight is 1110 g/mol. The van der Waals surface area contributed by atoms with E-state index in [2.05, 4.69) is 349 Å². The number of nitrogens with zero attached hydrogens (tertiary/aromatic N) is 2. The van der Waals surface area contributed by atoms with E-state index in [0.29, 0.717) is 0 Å². The first-order valence-corrected chi connectivity index (χ1v) is 30.1. The molecule has 2 heterocycles. The first-order chi connectivity index (χ1) is 43.1. The Hall–Kier alpha value is -11.3. The fourth-order valence-electron chi connectivity index (χ4n) is 14.5. The van der Waals surface area contributed by atoms with Crippen molar-refractivity contribution in [1.82, 2.24) is 9.13 Å². The molecule has 17 rings (SSSR count). The highest BCUT2D eigenvalue weighted by Crippen LogP contribution is 2.57. The van der Waals surface area contributed by atoms with Crippen LogP contribution in [0, 0.1) is 0 Å². The molecule has 87 heavy (non-hydrogen) atoms. The van der Waals surface area contributed by atoms with Crippen LogP contribution in [0.15, 0.2) is 340 Å². The van der Waals surface area contributed by atoms with Crippen molar-refractivity contribution in [2.75, 3.05) is 0 Å². The summed E-state index contributed by atoms with van der Waals surface area (Å²) < 4.78 is 4.81. The molecule has 1 aliphatic carbocycles. The molecule has 0 bridgehead atoms. The van der Waals surface area contributed by atoms with E-state index in [1.54, 1.807) is 0 Å². The third-order valence-corrected chi connectivity index (χ3v) is 18.4. The van der Waals surface area contributed by atoms with E-state index in [-0.39, 0.29) is 0 Å². The molecule has 406 valence electrons. The maximum Gasteiger partial charge on any atom is 0.0713 e. The first kappa shape index (κ1) is 50.2. The van der Waals surface area contributed by atoms with Gasteiger partial charge in [0, 0.05) is 32.9 Å². The van der Waals surface area contributed by atoms with Gasteiger partial charge in [0.2, 0.25) is 0 Å². The van der Waals surface area contributed by atoms with Crippen LogP contribution in [-0.2, 0) is 5.41 Å². The highest BCUT2D eigenvalue weighted by atomic mass is 15.0. The summed E-state index contributed by atoms with van der Waals surface area (Å²) in [5.41, 5.74) is 28.6. The topological polar surface area (TPSA) is 9.86 Å². The van der Waals surface area contributed by atoms with Gasteiger partial charge in [0.1, 0.15) is 0 Å². The second-order valence-electron chi connectivity index (χ2n) is 23.1. The summed E-state index contributed by atoms with van der Waals surface area (Å²) in [5.74, 6) is 0. The summed E-state index contributed by atoms with van der Waals surface area (Å²) in [6, 6.07) is 126. The molecule has 0 amide bonds. The Labute approximate surface area is 506 Å². The molecular formula is C85H56N2. The number of fused-ring (bicyclic) bond motifs is 9. The average Bonchev–Trinajstić information content (AvgIpc) is 1.72. The van der Waals surface area contributed by atoms with Crippen molar-refractivity contribution in [3.8, 4) is 89.3 Å². The molecule has 14 aromatic carbocycles. The van der Waals surface area contributed by atoms with Crippen molar-refractivity contribution in [1.29, 1.82) is 0 Å².